The van der Waals surface area contributed by atoms with Gasteiger partial charge in [-0.15, -0.1) is 0 Å². The number of rotatable bonds is 3. The van der Waals surface area contributed by atoms with Crippen LogP contribution in [0, 0.1) is 0 Å². The zero-order chi connectivity index (χ0) is 13.1. The number of ketones is 1. The van der Waals surface area contributed by atoms with E-state index in [9.17, 15) is 9.90 Å². The molecule has 2 heteroatoms. The molecule has 0 aliphatic carbocycles. The quantitative estimate of drug-likeness (QED) is 0.830. The van der Waals surface area contributed by atoms with Crippen molar-refractivity contribution < 1.29 is 9.90 Å². The molecule has 1 N–H and O–H groups in total. The molecule has 0 bridgehead atoms. The summed E-state index contributed by atoms with van der Waals surface area (Å²) in [6.07, 6.45) is 0. The molecule has 0 saturated carbocycles. The van der Waals surface area contributed by atoms with E-state index in [-0.39, 0.29) is 11.5 Å². The molecule has 0 amide bonds. The summed E-state index contributed by atoms with van der Waals surface area (Å²) in [5.41, 5.74) is 2.36. The largest absolute Gasteiger partial charge is 0.508 e. The van der Waals surface area contributed by atoms with Crippen LogP contribution in [0.25, 0.3) is 0 Å². The molecule has 2 rings (SSSR count). The Kier molecular flexibility index (Phi) is 3.47. The third-order valence-corrected chi connectivity index (χ3v) is 2.95. The Labute approximate surface area is 107 Å². The lowest BCUT2D eigenvalue weighted by molar-refractivity contribution is 0.103. The van der Waals surface area contributed by atoms with E-state index in [4.69, 9.17) is 0 Å². The third-order valence-electron chi connectivity index (χ3n) is 2.95. The minimum absolute atomic E-state index is 0.0683. The number of carbonyl (C=O) groups is 1. The van der Waals surface area contributed by atoms with Crippen LogP contribution in [0.15, 0.2) is 48.5 Å². The van der Waals surface area contributed by atoms with Gasteiger partial charge in [0, 0.05) is 11.1 Å². The molecule has 0 saturated heterocycles. The van der Waals surface area contributed by atoms with Gasteiger partial charge in [-0.2, -0.15) is 0 Å². The van der Waals surface area contributed by atoms with E-state index < -0.39 is 0 Å². The van der Waals surface area contributed by atoms with E-state index in [0.29, 0.717) is 17.0 Å². The first kappa shape index (κ1) is 12.4. The van der Waals surface area contributed by atoms with Crippen molar-refractivity contribution in [1.82, 2.24) is 0 Å². The van der Waals surface area contributed by atoms with Crippen LogP contribution in [0.4, 0.5) is 0 Å². The van der Waals surface area contributed by atoms with Gasteiger partial charge < -0.3 is 5.11 Å². The summed E-state index contributed by atoms with van der Waals surface area (Å²) in [5, 5.41) is 9.37. The molecule has 2 aromatic rings. The molecular formula is C16H16O2. The van der Waals surface area contributed by atoms with Crippen molar-refractivity contribution in [3.05, 3.63) is 65.2 Å². The van der Waals surface area contributed by atoms with Crippen LogP contribution in [-0.2, 0) is 0 Å². The molecule has 18 heavy (non-hydrogen) atoms. The summed E-state index contributed by atoms with van der Waals surface area (Å²) in [7, 11) is 0. The van der Waals surface area contributed by atoms with Crippen LogP contribution in [0.1, 0.15) is 41.3 Å². The maximum absolute atomic E-state index is 12.2. The van der Waals surface area contributed by atoms with Crippen molar-refractivity contribution >= 4 is 5.78 Å². The van der Waals surface area contributed by atoms with Gasteiger partial charge in [-0.05, 0) is 23.6 Å². The van der Waals surface area contributed by atoms with Gasteiger partial charge in [0.2, 0.25) is 0 Å². The van der Waals surface area contributed by atoms with Gasteiger partial charge in [-0.1, -0.05) is 50.2 Å². The van der Waals surface area contributed by atoms with E-state index in [1.165, 1.54) is 11.6 Å². The SMILES string of the molecule is CC(C)c1ccc(C(=O)c2cccc(O)c2)cc1. The molecule has 0 aliphatic heterocycles. The Bertz CT molecular complexity index is 554. The molecule has 0 radical (unpaired) electrons. The van der Waals surface area contributed by atoms with E-state index in [1.54, 1.807) is 18.2 Å². The van der Waals surface area contributed by atoms with Gasteiger partial charge in [0.1, 0.15) is 5.75 Å². The highest BCUT2D eigenvalue weighted by molar-refractivity contribution is 6.09. The maximum atomic E-state index is 12.2. The Morgan fingerprint density at radius 2 is 1.67 bits per heavy atom. The van der Waals surface area contributed by atoms with Crippen molar-refractivity contribution in [2.75, 3.05) is 0 Å². The molecule has 0 heterocycles. The Morgan fingerprint density at radius 1 is 1.00 bits per heavy atom. The maximum Gasteiger partial charge on any atom is 0.193 e. The minimum Gasteiger partial charge on any atom is -0.508 e. The van der Waals surface area contributed by atoms with Gasteiger partial charge in [0.05, 0.1) is 0 Å². The summed E-state index contributed by atoms with van der Waals surface area (Å²) in [5.74, 6) is 0.496. The minimum atomic E-state index is -0.0683. The fourth-order valence-corrected chi connectivity index (χ4v) is 1.83. The third kappa shape index (κ3) is 2.59. The second-order valence-electron chi connectivity index (χ2n) is 4.66. The van der Waals surface area contributed by atoms with Crippen molar-refractivity contribution in [3.63, 3.8) is 0 Å². The molecule has 2 nitrogen and oxygen atoms in total. The van der Waals surface area contributed by atoms with Crippen LogP contribution in [0.3, 0.4) is 0 Å². The Morgan fingerprint density at radius 3 is 2.22 bits per heavy atom. The second-order valence-corrected chi connectivity index (χ2v) is 4.66. The molecule has 0 fully saturated rings. The average molecular weight is 240 g/mol. The first-order valence-electron chi connectivity index (χ1n) is 6.01. The normalized spacial score (nSPS) is 10.6. The lowest BCUT2D eigenvalue weighted by atomic mass is 9.98. The van der Waals surface area contributed by atoms with E-state index >= 15 is 0 Å². The van der Waals surface area contributed by atoms with Gasteiger partial charge in [0.25, 0.3) is 0 Å². The molecule has 0 atom stereocenters. The molecule has 92 valence electrons. The summed E-state index contributed by atoms with van der Waals surface area (Å²) in [6, 6.07) is 14.0. The van der Waals surface area contributed by atoms with E-state index in [0.717, 1.165) is 0 Å². The van der Waals surface area contributed by atoms with Gasteiger partial charge in [-0.3, -0.25) is 4.79 Å². The molecule has 0 aliphatic rings. The summed E-state index contributed by atoms with van der Waals surface area (Å²) in [4.78, 5) is 12.2. The molecule has 0 unspecified atom stereocenters. The highest BCUT2D eigenvalue weighted by atomic mass is 16.3. The first-order chi connectivity index (χ1) is 8.58. The van der Waals surface area contributed by atoms with Crippen molar-refractivity contribution in [2.45, 2.75) is 19.8 Å². The van der Waals surface area contributed by atoms with Gasteiger partial charge >= 0.3 is 0 Å². The van der Waals surface area contributed by atoms with Gasteiger partial charge in [-0.25, -0.2) is 0 Å². The number of hydrogen-bond acceptors (Lipinski definition) is 2. The summed E-state index contributed by atoms with van der Waals surface area (Å²) in [6.45, 7) is 4.23. The predicted octanol–water partition coefficient (Wildman–Crippen LogP) is 3.75. The first-order valence-corrected chi connectivity index (χ1v) is 6.01. The number of phenolic OH excluding ortho intramolecular Hbond substituents is 1. The standard InChI is InChI=1S/C16H16O2/c1-11(2)12-6-8-13(9-7-12)16(18)14-4-3-5-15(17)10-14/h3-11,17H,1-2H3. The van der Waals surface area contributed by atoms with Crippen molar-refractivity contribution in [1.29, 1.82) is 0 Å². The van der Waals surface area contributed by atoms with Crippen LogP contribution >= 0.6 is 0 Å². The van der Waals surface area contributed by atoms with Crippen molar-refractivity contribution in [2.24, 2.45) is 0 Å². The number of phenols is 1. The highest BCUT2D eigenvalue weighted by Gasteiger charge is 2.09. The number of aromatic hydroxyl groups is 1. The fourth-order valence-electron chi connectivity index (χ4n) is 1.83. The smallest absolute Gasteiger partial charge is 0.193 e. The monoisotopic (exact) mass is 240 g/mol. The highest BCUT2D eigenvalue weighted by Crippen LogP contribution is 2.18. The zero-order valence-corrected chi connectivity index (χ0v) is 10.6. The fraction of sp³-hybridized carbons (Fsp3) is 0.188. The Balaban J connectivity index is 2.29. The zero-order valence-electron chi connectivity index (χ0n) is 10.6. The number of hydrogen-bond donors (Lipinski definition) is 1. The second kappa shape index (κ2) is 5.05. The van der Waals surface area contributed by atoms with Gasteiger partial charge in [0.15, 0.2) is 5.78 Å². The molecule has 2 aromatic carbocycles. The molecule has 0 spiro atoms. The van der Waals surface area contributed by atoms with Crippen LogP contribution in [0.2, 0.25) is 0 Å². The molecule has 0 aromatic heterocycles. The Hall–Kier alpha value is -2.09. The average Bonchev–Trinajstić information content (AvgIpc) is 2.38. The van der Waals surface area contributed by atoms with Crippen LogP contribution < -0.4 is 0 Å². The van der Waals surface area contributed by atoms with Crippen molar-refractivity contribution in [3.8, 4) is 5.75 Å². The predicted molar refractivity (Wildman–Crippen MR) is 72.1 cm³/mol. The van der Waals surface area contributed by atoms with E-state index in [2.05, 4.69) is 13.8 Å². The van der Waals surface area contributed by atoms with E-state index in [1.807, 2.05) is 24.3 Å². The lowest BCUT2D eigenvalue weighted by Gasteiger charge is -2.06. The molecular weight excluding hydrogens is 224 g/mol. The summed E-state index contributed by atoms with van der Waals surface area (Å²) >= 11 is 0. The van der Waals surface area contributed by atoms with Crippen LogP contribution in [-0.4, -0.2) is 10.9 Å². The van der Waals surface area contributed by atoms with Crippen LogP contribution in [0.5, 0.6) is 5.75 Å². The number of benzene rings is 2. The lowest BCUT2D eigenvalue weighted by Crippen LogP contribution is -2.01. The summed E-state index contributed by atoms with van der Waals surface area (Å²) < 4.78 is 0. The number of carbonyl (C=O) groups excluding carboxylic acids is 1. The topological polar surface area (TPSA) is 37.3 Å².